The van der Waals surface area contributed by atoms with E-state index in [1.165, 1.54) is 0 Å². The van der Waals surface area contributed by atoms with Crippen molar-refractivity contribution in [2.24, 2.45) is 0 Å². The molecule has 6 heteroatoms. The van der Waals surface area contributed by atoms with Gasteiger partial charge in [-0.2, -0.15) is 5.10 Å². The quantitative estimate of drug-likeness (QED) is 0.573. The molecule has 4 nitrogen and oxygen atoms in total. The third kappa shape index (κ3) is 2.17. The highest BCUT2D eigenvalue weighted by atomic mass is 79.9. The van der Waals surface area contributed by atoms with Crippen LogP contribution < -0.4 is 0 Å². The molecule has 1 aromatic carbocycles. The van der Waals surface area contributed by atoms with Gasteiger partial charge in [0.05, 0.1) is 0 Å². The zero-order valence-corrected chi connectivity index (χ0v) is 12.3. The SMILES string of the molecule is C=CCn1c(-c2cc3cc(Br)ccc3o2)n[nH]c1=S. The molecule has 3 rings (SSSR count). The van der Waals surface area contributed by atoms with E-state index in [0.29, 0.717) is 22.9 Å². The number of nitrogens with zero attached hydrogens (tertiary/aromatic N) is 2. The smallest absolute Gasteiger partial charge is 0.198 e. The summed E-state index contributed by atoms with van der Waals surface area (Å²) in [5.74, 6) is 1.36. The van der Waals surface area contributed by atoms with Crippen LogP contribution in [0.4, 0.5) is 0 Å². The van der Waals surface area contributed by atoms with Crippen molar-refractivity contribution >= 4 is 39.1 Å². The fourth-order valence-corrected chi connectivity index (χ4v) is 2.51. The molecule has 1 N–H and O–H groups in total. The van der Waals surface area contributed by atoms with Crippen LogP contribution in [0.15, 0.2) is 45.8 Å². The Morgan fingerprint density at radius 2 is 2.32 bits per heavy atom. The van der Waals surface area contributed by atoms with Gasteiger partial charge in [0.1, 0.15) is 5.58 Å². The molecule has 3 aromatic rings. The van der Waals surface area contributed by atoms with E-state index in [0.717, 1.165) is 15.4 Å². The van der Waals surface area contributed by atoms with E-state index in [2.05, 4.69) is 32.7 Å². The van der Waals surface area contributed by atoms with Gasteiger partial charge in [-0.1, -0.05) is 22.0 Å². The zero-order valence-electron chi connectivity index (χ0n) is 9.89. The lowest BCUT2D eigenvalue weighted by Crippen LogP contribution is -1.97. The second-order valence-electron chi connectivity index (χ2n) is 4.04. The number of benzene rings is 1. The summed E-state index contributed by atoms with van der Waals surface area (Å²) in [6, 6.07) is 7.81. The van der Waals surface area contributed by atoms with Crippen LogP contribution >= 0.6 is 28.1 Å². The minimum absolute atomic E-state index is 0.552. The Balaban J connectivity index is 2.19. The number of aromatic amines is 1. The van der Waals surface area contributed by atoms with Crippen LogP contribution in [0.5, 0.6) is 0 Å². The molecule has 0 atom stereocenters. The number of furan rings is 1. The molecule has 0 fully saturated rings. The van der Waals surface area contributed by atoms with E-state index in [4.69, 9.17) is 16.6 Å². The normalized spacial score (nSPS) is 11.0. The zero-order chi connectivity index (χ0) is 13.4. The van der Waals surface area contributed by atoms with Crippen molar-refractivity contribution in [3.63, 3.8) is 0 Å². The summed E-state index contributed by atoms with van der Waals surface area (Å²) >= 11 is 8.63. The van der Waals surface area contributed by atoms with Crippen molar-refractivity contribution in [2.75, 3.05) is 0 Å². The number of allylic oxidation sites excluding steroid dienone is 1. The van der Waals surface area contributed by atoms with Crippen LogP contribution in [0.3, 0.4) is 0 Å². The summed E-state index contributed by atoms with van der Waals surface area (Å²) in [5, 5.41) is 8.01. The predicted molar refractivity (Wildman–Crippen MR) is 80.5 cm³/mol. The van der Waals surface area contributed by atoms with E-state index in [1.54, 1.807) is 6.08 Å². The largest absolute Gasteiger partial charge is 0.453 e. The maximum absolute atomic E-state index is 5.80. The van der Waals surface area contributed by atoms with Crippen molar-refractivity contribution in [1.82, 2.24) is 14.8 Å². The molecule has 2 heterocycles. The van der Waals surface area contributed by atoms with E-state index >= 15 is 0 Å². The van der Waals surface area contributed by atoms with E-state index in [1.807, 2.05) is 28.8 Å². The third-order valence-corrected chi connectivity index (χ3v) is 3.57. The summed E-state index contributed by atoms with van der Waals surface area (Å²) in [6.07, 6.45) is 1.77. The lowest BCUT2D eigenvalue weighted by atomic mass is 10.2. The number of halogens is 1. The molecule has 2 aromatic heterocycles. The second kappa shape index (κ2) is 4.79. The fraction of sp³-hybridized carbons (Fsp3) is 0.0769. The predicted octanol–water partition coefficient (Wildman–Crippen LogP) is 4.30. The van der Waals surface area contributed by atoms with Crippen molar-refractivity contribution in [1.29, 1.82) is 0 Å². The highest BCUT2D eigenvalue weighted by Crippen LogP contribution is 2.28. The molecule has 0 aliphatic carbocycles. The monoisotopic (exact) mass is 335 g/mol. The van der Waals surface area contributed by atoms with Gasteiger partial charge in [-0.15, -0.1) is 6.58 Å². The van der Waals surface area contributed by atoms with E-state index in [9.17, 15) is 0 Å². The van der Waals surface area contributed by atoms with Crippen molar-refractivity contribution in [3.05, 3.63) is 46.2 Å². The summed E-state index contributed by atoms with van der Waals surface area (Å²) in [7, 11) is 0. The Labute approximate surface area is 122 Å². The number of hydrogen-bond acceptors (Lipinski definition) is 3. The molecule has 0 unspecified atom stereocenters. The fourth-order valence-electron chi connectivity index (χ4n) is 1.93. The van der Waals surface area contributed by atoms with Crippen LogP contribution in [-0.2, 0) is 6.54 Å². The average molecular weight is 336 g/mol. The molecule has 0 saturated carbocycles. The number of fused-ring (bicyclic) bond motifs is 1. The molecule has 0 saturated heterocycles. The molecule has 0 bridgehead atoms. The number of H-pyrrole nitrogens is 1. The number of nitrogens with one attached hydrogen (secondary N) is 1. The van der Waals surface area contributed by atoms with Gasteiger partial charge in [0, 0.05) is 16.4 Å². The van der Waals surface area contributed by atoms with Crippen molar-refractivity contribution < 1.29 is 4.42 Å². The van der Waals surface area contributed by atoms with Gasteiger partial charge in [-0.05, 0) is 36.5 Å². The van der Waals surface area contributed by atoms with Crippen molar-refractivity contribution in [2.45, 2.75) is 6.54 Å². The average Bonchev–Trinajstić information content (AvgIpc) is 2.94. The molecule has 0 spiro atoms. The molecule has 0 amide bonds. The van der Waals surface area contributed by atoms with Gasteiger partial charge in [0.2, 0.25) is 0 Å². The Hall–Kier alpha value is -1.66. The minimum atomic E-state index is 0.552. The van der Waals surface area contributed by atoms with Crippen molar-refractivity contribution in [3.8, 4) is 11.6 Å². The van der Waals surface area contributed by atoms with Crippen LogP contribution in [0.25, 0.3) is 22.6 Å². The summed E-state index contributed by atoms with van der Waals surface area (Å²) in [4.78, 5) is 0. The van der Waals surface area contributed by atoms with Gasteiger partial charge in [-0.3, -0.25) is 9.67 Å². The Morgan fingerprint density at radius 1 is 1.47 bits per heavy atom. The summed E-state index contributed by atoms with van der Waals surface area (Å²) < 4.78 is 9.21. The highest BCUT2D eigenvalue weighted by molar-refractivity contribution is 9.10. The molecular formula is C13H10BrN3OS. The highest BCUT2D eigenvalue weighted by Gasteiger charge is 2.13. The van der Waals surface area contributed by atoms with Gasteiger partial charge in [-0.25, -0.2) is 0 Å². The third-order valence-electron chi connectivity index (χ3n) is 2.77. The first kappa shape index (κ1) is 12.4. The number of rotatable bonds is 3. The summed E-state index contributed by atoms with van der Waals surface area (Å²) in [6.45, 7) is 4.31. The lowest BCUT2D eigenvalue weighted by Gasteiger charge is -1.99. The Bertz CT molecular complexity index is 815. The van der Waals surface area contributed by atoms with Gasteiger partial charge >= 0.3 is 0 Å². The van der Waals surface area contributed by atoms with Crippen LogP contribution in [0.2, 0.25) is 0 Å². The molecule has 96 valence electrons. The minimum Gasteiger partial charge on any atom is -0.453 e. The van der Waals surface area contributed by atoms with Gasteiger partial charge in [0.15, 0.2) is 16.4 Å². The first-order valence-electron chi connectivity index (χ1n) is 5.64. The number of aromatic nitrogens is 3. The second-order valence-corrected chi connectivity index (χ2v) is 5.35. The van der Waals surface area contributed by atoms with Gasteiger partial charge < -0.3 is 4.42 Å². The van der Waals surface area contributed by atoms with Crippen LogP contribution in [0.1, 0.15) is 0 Å². The molecule has 0 aliphatic rings. The van der Waals surface area contributed by atoms with Crippen LogP contribution in [0, 0.1) is 4.77 Å². The van der Waals surface area contributed by atoms with Gasteiger partial charge in [0.25, 0.3) is 0 Å². The number of hydrogen-bond donors (Lipinski definition) is 1. The Kier molecular flexibility index (Phi) is 3.12. The topological polar surface area (TPSA) is 46.8 Å². The summed E-state index contributed by atoms with van der Waals surface area (Å²) in [5.41, 5.74) is 0.817. The maximum Gasteiger partial charge on any atom is 0.198 e. The van der Waals surface area contributed by atoms with Crippen LogP contribution in [-0.4, -0.2) is 14.8 Å². The molecule has 0 aliphatic heterocycles. The maximum atomic E-state index is 5.80. The standard InChI is InChI=1S/C13H10BrN3OS/c1-2-5-17-12(15-16-13(17)19)11-7-8-6-9(14)3-4-10(8)18-11/h2-4,6-7H,1,5H2,(H,16,19). The lowest BCUT2D eigenvalue weighted by molar-refractivity contribution is 0.617. The van der Waals surface area contributed by atoms with E-state index in [-0.39, 0.29) is 0 Å². The molecule has 0 radical (unpaired) electrons. The molecular weight excluding hydrogens is 326 g/mol. The van der Waals surface area contributed by atoms with E-state index < -0.39 is 0 Å². The first-order chi connectivity index (χ1) is 9.19. The Morgan fingerprint density at radius 3 is 3.11 bits per heavy atom. The molecule has 19 heavy (non-hydrogen) atoms. The first-order valence-corrected chi connectivity index (χ1v) is 6.85.